The molecule has 1 amide bonds. The maximum Gasteiger partial charge on any atom is 0.332 e. The summed E-state index contributed by atoms with van der Waals surface area (Å²) in [6, 6.07) is 2.03. The van der Waals surface area contributed by atoms with Crippen LogP contribution in [0.15, 0.2) is 11.4 Å². The lowest BCUT2D eigenvalue weighted by molar-refractivity contribution is -0.153. The number of ether oxygens (including phenoxy) is 1. The topological polar surface area (TPSA) is 66.8 Å². The third-order valence-electron chi connectivity index (χ3n) is 2.96. The van der Waals surface area contributed by atoms with Gasteiger partial charge in [-0.05, 0) is 30.4 Å². The second-order valence-corrected chi connectivity index (χ2v) is 5.23. The molecule has 6 heteroatoms. The van der Waals surface area contributed by atoms with Crippen LogP contribution in [0.5, 0.6) is 0 Å². The van der Waals surface area contributed by atoms with Crippen LogP contribution in [0.4, 0.5) is 0 Å². The van der Waals surface area contributed by atoms with Gasteiger partial charge in [-0.3, -0.25) is 4.79 Å². The Morgan fingerprint density at radius 3 is 3.11 bits per heavy atom. The molecule has 1 atom stereocenters. The van der Waals surface area contributed by atoms with Gasteiger partial charge in [-0.2, -0.15) is 0 Å². The molecule has 0 aliphatic carbocycles. The van der Waals surface area contributed by atoms with Crippen LogP contribution >= 0.6 is 11.3 Å². The molecule has 0 bridgehead atoms. The fraction of sp³-hybridized carbons (Fsp3) is 0.500. The molecular weight excluding hydrogens is 254 g/mol. The average Bonchev–Trinajstić information content (AvgIpc) is 2.82. The maximum absolute atomic E-state index is 11.9. The van der Waals surface area contributed by atoms with Gasteiger partial charge in [0.15, 0.2) is 6.10 Å². The van der Waals surface area contributed by atoms with Gasteiger partial charge < -0.3 is 14.7 Å². The van der Waals surface area contributed by atoms with Crippen LogP contribution in [0, 0.1) is 0 Å². The molecule has 1 aromatic heterocycles. The zero-order valence-corrected chi connectivity index (χ0v) is 10.9. The van der Waals surface area contributed by atoms with Crippen molar-refractivity contribution in [2.45, 2.75) is 26.0 Å². The third-order valence-corrected chi connectivity index (χ3v) is 3.99. The van der Waals surface area contributed by atoms with E-state index in [-0.39, 0.29) is 12.5 Å². The number of amides is 1. The van der Waals surface area contributed by atoms with Crippen LogP contribution in [-0.2, 0) is 27.3 Å². The van der Waals surface area contributed by atoms with Crippen LogP contribution in [0.3, 0.4) is 0 Å². The minimum Gasteiger partial charge on any atom is -0.479 e. The van der Waals surface area contributed by atoms with E-state index in [0.29, 0.717) is 13.1 Å². The molecule has 1 N–H and O–H groups in total. The predicted molar refractivity (Wildman–Crippen MR) is 66.5 cm³/mol. The molecule has 2 rings (SSSR count). The molecule has 1 aliphatic rings. The Kier molecular flexibility index (Phi) is 3.98. The van der Waals surface area contributed by atoms with E-state index in [1.807, 2.05) is 11.4 Å². The molecule has 2 heterocycles. The SMILES string of the molecule is C[C@H](OCC(=O)N1CCc2sccc2C1)C(=O)O. The highest BCUT2D eigenvalue weighted by atomic mass is 32.1. The molecule has 0 saturated carbocycles. The summed E-state index contributed by atoms with van der Waals surface area (Å²) in [5.74, 6) is -1.21. The number of fused-ring (bicyclic) bond motifs is 1. The van der Waals surface area contributed by atoms with Gasteiger partial charge in [0.1, 0.15) is 6.61 Å². The molecule has 1 aromatic rings. The van der Waals surface area contributed by atoms with Crippen LogP contribution in [0.25, 0.3) is 0 Å². The van der Waals surface area contributed by atoms with Crippen molar-refractivity contribution in [2.24, 2.45) is 0 Å². The van der Waals surface area contributed by atoms with Crippen molar-refractivity contribution in [3.63, 3.8) is 0 Å². The largest absolute Gasteiger partial charge is 0.479 e. The van der Waals surface area contributed by atoms with Crippen molar-refractivity contribution in [3.05, 3.63) is 21.9 Å². The smallest absolute Gasteiger partial charge is 0.332 e. The quantitative estimate of drug-likeness (QED) is 0.889. The average molecular weight is 269 g/mol. The molecule has 98 valence electrons. The lowest BCUT2D eigenvalue weighted by Crippen LogP contribution is -2.38. The highest BCUT2D eigenvalue weighted by molar-refractivity contribution is 7.10. The van der Waals surface area contributed by atoms with E-state index in [1.54, 1.807) is 16.2 Å². The van der Waals surface area contributed by atoms with E-state index in [0.717, 1.165) is 6.42 Å². The summed E-state index contributed by atoms with van der Waals surface area (Å²) in [4.78, 5) is 25.5. The molecule has 18 heavy (non-hydrogen) atoms. The van der Waals surface area contributed by atoms with Crippen molar-refractivity contribution in [2.75, 3.05) is 13.2 Å². The van der Waals surface area contributed by atoms with Gasteiger partial charge in [-0.25, -0.2) is 4.79 Å². The minimum absolute atomic E-state index is 0.153. The summed E-state index contributed by atoms with van der Waals surface area (Å²) in [5.41, 5.74) is 1.19. The number of rotatable bonds is 4. The molecule has 0 fully saturated rings. The van der Waals surface area contributed by atoms with Crippen molar-refractivity contribution in [1.82, 2.24) is 4.90 Å². The number of carbonyl (C=O) groups excluding carboxylic acids is 1. The number of carboxylic acids is 1. The molecule has 0 radical (unpaired) electrons. The first-order chi connectivity index (χ1) is 8.58. The molecule has 0 saturated heterocycles. The summed E-state index contributed by atoms with van der Waals surface area (Å²) in [7, 11) is 0. The van der Waals surface area contributed by atoms with Gasteiger partial charge >= 0.3 is 5.97 Å². The fourth-order valence-electron chi connectivity index (χ4n) is 1.82. The molecular formula is C12H15NO4S. The van der Waals surface area contributed by atoms with Crippen molar-refractivity contribution in [1.29, 1.82) is 0 Å². The molecule has 1 aliphatic heterocycles. The second-order valence-electron chi connectivity index (χ2n) is 4.23. The van der Waals surface area contributed by atoms with Gasteiger partial charge in [0.05, 0.1) is 0 Å². The Bertz CT molecular complexity index is 457. The molecule has 0 unspecified atom stereocenters. The summed E-state index contributed by atoms with van der Waals surface area (Å²) in [6.45, 7) is 2.52. The Labute approximate surface area is 109 Å². The summed E-state index contributed by atoms with van der Waals surface area (Å²) in [6.07, 6.45) is -0.0804. The zero-order chi connectivity index (χ0) is 13.1. The van der Waals surface area contributed by atoms with E-state index < -0.39 is 12.1 Å². The number of carboxylic acid groups (broad SMARTS) is 1. The normalized spacial score (nSPS) is 16.2. The summed E-state index contributed by atoms with van der Waals surface area (Å²) >= 11 is 1.71. The molecule has 0 aromatic carbocycles. The van der Waals surface area contributed by atoms with Crippen molar-refractivity contribution >= 4 is 23.2 Å². The number of hydrogen-bond donors (Lipinski definition) is 1. The van der Waals surface area contributed by atoms with Gasteiger partial charge in [-0.1, -0.05) is 0 Å². The first-order valence-corrected chi connectivity index (χ1v) is 6.63. The lowest BCUT2D eigenvalue weighted by Gasteiger charge is -2.27. The predicted octanol–water partition coefficient (Wildman–Crippen LogP) is 1.12. The first-order valence-electron chi connectivity index (χ1n) is 5.75. The first kappa shape index (κ1) is 13.0. The second kappa shape index (κ2) is 5.49. The molecule has 5 nitrogen and oxygen atoms in total. The van der Waals surface area contributed by atoms with Gasteiger partial charge in [0, 0.05) is 18.0 Å². The standard InChI is InChI=1S/C12H15NO4S/c1-8(12(15)16)17-7-11(14)13-4-2-10-9(6-13)3-5-18-10/h3,5,8H,2,4,6-7H2,1H3,(H,15,16)/t8-/m0/s1. The Hall–Kier alpha value is -1.40. The van der Waals surface area contributed by atoms with Crippen LogP contribution < -0.4 is 0 Å². The number of nitrogens with zero attached hydrogens (tertiary/aromatic N) is 1. The third kappa shape index (κ3) is 2.88. The van der Waals surface area contributed by atoms with Gasteiger partial charge in [0.25, 0.3) is 0 Å². The van der Waals surface area contributed by atoms with Crippen molar-refractivity contribution in [3.8, 4) is 0 Å². The highest BCUT2D eigenvalue weighted by Gasteiger charge is 2.22. The maximum atomic E-state index is 11.9. The summed E-state index contributed by atoms with van der Waals surface area (Å²) in [5, 5.41) is 10.7. The van der Waals surface area contributed by atoms with E-state index in [1.165, 1.54) is 17.4 Å². The number of hydrogen-bond acceptors (Lipinski definition) is 4. The van der Waals surface area contributed by atoms with Crippen LogP contribution in [-0.4, -0.2) is 41.1 Å². The van der Waals surface area contributed by atoms with E-state index in [9.17, 15) is 9.59 Å². The van der Waals surface area contributed by atoms with Gasteiger partial charge in [-0.15, -0.1) is 11.3 Å². The van der Waals surface area contributed by atoms with E-state index in [2.05, 4.69) is 0 Å². The zero-order valence-electron chi connectivity index (χ0n) is 10.1. The van der Waals surface area contributed by atoms with Gasteiger partial charge in [0.2, 0.25) is 5.91 Å². The Morgan fingerprint density at radius 1 is 1.61 bits per heavy atom. The number of carbonyl (C=O) groups is 2. The lowest BCUT2D eigenvalue weighted by atomic mass is 10.1. The van der Waals surface area contributed by atoms with E-state index >= 15 is 0 Å². The van der Waals surface area contributed by atoms with Crippen LogP contribution in [0.2, 0.25) is 0 Å². The highest BCUT2D eigenvalue weighted by Crippen LogP contribution is 2.23. The van der Waals surface area contributed by atoms with Crippen LogP contribution in [0.1, 0.15) is 17.4 Å². The molecule has 0 spiro atoms. The fourth-order valence-corrected chi connectivity index (χ4v) is 2.71. The van der Waals surface area contributed by atoms with Crippen molar-refractivity contribution < 1.29 is 19.4 Å². The summed E-state index contributed by atoms with van der Waals surface area (Å²) < 4.78 is 5.00. The monoisotopic (exact) mass is 269 g/mol. The van der Waals surface area contributed by atoms with E-state index in [4.69, 9.17) is 9.84 Å². The minimum atomic E-state index is -1.05. The Morgan fingerprint density at radius 2 is 2.39 bits per heavy atom. The Balaban J connectivity index is 1.86. The number of aliphatic carboxylic acids is 1. The number of thiophene rings is 1.